The summed E-state index contributed by atoms with van der Waals surface area (Å²) in [5.74, 6) is -0.228. The molecule has 0 radical (unpaired) electrons. The van der Waals surface area contributed by atoms with Gasteiger partial charge in [0.2, 0.25) is 0 Å². The highest BCUT2D eigenvalue weighted by molar-refractivity contribution is 6.22. The maximum Gasteiger partial charge on any atom is 0.263 e. The first-order chi connectivity index (χ1) is 10.1. The minimum absolute atomic E-state index is 0.0525. The van der Waals surface area contributed by atoms with Gasteiger partial charge in [-0.1, -0.05) is 25.5 Å². The molecule has 2 aliphatic rings. The molecule has 21 heavy (non-hydrogen) atoms. The Hall–Kier alpha value is -1.68. The van der Waals surface area contributed by atoms with Crippen molar-refractivity contribution < 1.29 is 9.59 Å². The summed E-state index contributed by atoms with van der Waals surface area (Å²) in [4.78, 5) is 29.1. The largest absolute Gasteiger partial charge is 0.283 e. The second-order valence-corrected chi connectivity index (χ2v) is 5.99. The Morgan fingerprint density at radius 1 is 1.24 bits per heavy atom. The number of amides is 2. The van der Waals surface area contributed by atoms with E-state index in [4.69, 9.17) is 0 Å². The predicted molar refractivity (Wildman–Crippen MR) is 81.2 cm³/mol. The third-order valence-corrected chi connectivity index (χ3v) is 4.58. The Bertz CT molecular complexity index is 582. The van der Waals surface area contributed by atoms with Crippen molar-refractivity contribution in [3.05, 3.63) is 34.9 Å². The smallest absolute Gasteiger partial charge is 0.263 e. The van der Waals surface area contributed by atoms with E-state index in [2.05, 4.69) is 11.8 Å². The SMILES string of the molecule is CCCCN1CCCC1N1C(=O)c2cccc(C)c2C1=O. The summed E-state index contributed by atoms with van der Waals surface area (Å²) >= 11 is 0. The van der Waals surface area contributed by atoms with Gasteiger partial charge in [0.1, 0.15) is 0 Å². The molecule has 2 aliphatic heterocycles. The van der Waals surface area contributed by atoms with Crippen LogP contribution in [-0.2, 0) is 0 Å². The number of rotatable bonds is 4. The number of hydrogen-bond donors (Lipinski definition) is 0. The zero-order valence-corrected chi connectivity index (χ0v) is 12.8. The summed E-state index contributed by atoms with van der Waals surface area (Å²) in [6.45, 7) is 6.01. The number of benzene rings is 1. The molecular formula is C17H22N2O2. The van der Waals surface area contributed by atoms with Gasteiger partial charge in [0.15, 0.2) is 0 Å². The average molecular weight is 286 g/mol. The number of imide groups is 1. The van der Waals surface area contributed by atoms with Gasteiger partial charge in [-0.25, -0.2) is 0 Å². The summed E-state index contributed by atoms with van der Waals surface area (Å²) in [5.41, 5.74) is 2.07. The normalized spacial score (nSPS) is 22.2. The van der Waals surface area contributed by atoms with Gasteiger partial charge < -0.3 is 0 Å². The number of unbranched alkanes of at least 4 members (excludes halogenated alkanes) is 1. The molecule has 2 heterocycles. The zero-order chi connectivity index (χ0) is 15.0. The maximum absolute atomic E-state index is 12.7. The van der Waals surface area contributed by atoms with E-state index in [1.807, 2.05) is 19.1 Å². The second-order valence-electron chi connectivity index (χ2n) is 5.99. The number of carbonyl (C=O) groups excluding carboxylic acids is 2. The Labute approximate surface area is 125 Å². The molecule has 1 saturated heterocycles. The van der Waals surface area contributed by atoms with Crippen LogP contribution in [0, 0.1) is 6.92 Å². The van der Waals surface area contributed by atoms with E-state index in [1.165, 1.54) is 4.90 Å². The number of hydrogen-bond acceptors (Lipinski definition) is 3. The van der Waals surface area contributed by atoms with E-state index < -0.39 is 0 Å². The minimum atomic E-state index is -0.118. The lowest BCUT2D eigenvalue weighted by Gasteiger charge is -2.30. The van der Waals surface area contributed by atoms with Crippen molar-refractivity contribution in [3.63, 3.8) is 0 Å². The van der Waals surface area contributed by atoms with E-state index in [-0.39, 0.29) is 18.0 Å². The van der Waals surface area contributed by atoms with Crippen molar-refractivity contribution in [1.82, 2.24) is 9.80 Å². The van der Waals surface area contributed by atoms with Gasteiger partial charge >= 0.3 is 0 Å². The lowest BCUT2D eigenvalue weighted by molar-refractivity contribution is 0.0404. The van der Waals surface area contributed by atoms with Crippen molar-refractivity contribution in [2.24, 2.45) is 0 Å². The Kier molecular flexibility index (Phi) is 3.81. The number of aryl methyl sites for hydroxylation is 1. The van der Waals surface area contributed by atoms with Crippen LogP contribution in [0.2, 0.25) is 0 Å². The molecule has 3 rings (SSSR count). The first-order valence-electron chi connectivity index (χ1n) is 7.86. The number of fused-ring (bicyclic) bond motifs is 1. The van der Waals surface area contributed by atoms with Gasteiger partial charge in [-0.2, -0.15) is 0 Å². The lowest BCUT2D eigenvalue weighted by Crippen LogP contribution is -2.47. The quantitative estimate of drug-likeness (QED) is 0.799. The third-order valence-electron chi connectivity index (χ3n) is 4.58. The van der Waals surface area contributed by atoms with Crippen molar-refractivity contribution in [3.8, 4) is 0 Å². The van der Waals surface area contributed by atoms with Crippen LogP contribution in [-0.4, -0.2) is 40.9 Å². The first kappa shape index (κ1) is 14.3. The van der Waals surface area contributed by atoms with E-state index in [9.17, 15) is 9.59 Å². The predicted octanol–water partition coefficient (Wildman–Crippen LogP) is 2.81. The lowest BCUT2D eigenvalue weighted by atomic mass is 10.0. The molecule has 2 amide bonds. The summed E-state index contributed by atoms with van der Waals surface area (Å²) < 4.78 is 0. The Morgan fingerprint density at radius 2 is 2.05 bits per heavy atom. The first-order valence-corrected chi connectivity index (χ1v) is 7.86. The molecule has 0 N–H and O–H groups in total. The fourth-order valence-corrected chi connectivity index (χ4v) is 3.47. The van der Waals surface area contributed by atoms with Gasteiger partial charge in [-0.05, 0) is 37.8 Å². The summed E-state index contributed by atoms with van der Waals surface area (Å²) in [6.07, 6.45) is 4.14. The van der Waals surface area contributed by atoms with Crippen LogP contribution in [0.3, 0.4) is 0 Å². The van der Waals surface area contributed by atoms with E-state index >= 15 is 0 Å². The minimum Gasteiger partial charge on any atom is -0.283 e. The molecule has 4 heteroatoms. The summed E-state index contributed by atoms with van der Waals surface area (Å²) in [7, 11) is 0. The van der Waals surface area contributed by atoms with Crippen molar-refractivity contribution >= 4 is 11.8 Å². The highest BCUT2D eigenvalue weighted by atomic mass is 16.2. The molecule has 1 unspecified atom stereocenters. The third kappa shape index (κ3) is 2.27. The van der Waals surface area contributed by atoms with Crippen LogP contribution in [0.1, 0.15) is 58.9 Å². The van der Waals surface area contributed by atoms with Crippen LogP contribution in [0.4, 0.5) is 0 Å². The Balaban J connectivity index is 1.89. The van der Waals surface area contributed by atoms with Gasteiger partial charge in [0.25, 0.3) is 11.8 Å². The maximum atomic E-state index is 12.7. The molecule has 112 valence electrons. The van der Waals surface area contributed by atoms with Crippen LogP contribution >= 0.6 is 0 Å². The fourth-order valence-electron chi connectivity index (χ4n) is 3.47. The standard InChI is InChI=1S/C17H22N2O2/c1-3-4-10-18-11-6-9-14(18)19-16(20)13-8-5-7-12(2)15(13)17(19)21/h5,7-8,14H,3-4,6,9-11H2,1-2H3. The topological polar surface area (TPSA) is 40.6 Å². The molecule has 0 saturated carbocycles. The molecule has 1 aromatic rings. The zero-order valence-electron chi connectivity index (χ0n) is 12.8. The molecule has 0 bridgehead atoms. The summed E-state index contributed by atoms with van der Waals surface area (Å²) in [6, 6.07) is 5.53. The van der Waals surface area contributed by atoms with Crippen molar-refractivity contribution in [1.29, 1.82) is 0 Å². The van der Waals surface area contributed by atoms with Crippen LogP contribution in [0.25, 0.3) is 0 Å². The van der Waals surface area contributed by atoms with Crippen LogP contribution in [0.5, 0.6) is 0 Å². The number of nitrogens with zero attached hydrogens (tertiary/aromatic N) is 2. The second kappa shape index (κ2) is 5.60. The highest BCUT2D eigenvalue weighted by Crippen LogP contribution is 2.31. The van der Waals surface area contributed by atoms with Crippen molar-refractivity contribution in [2.45, 2.75) is 45.7 Å². The number of likely N-dealkylation sites (tertiary alicyclic amines) is 1. The van der Waals surface area contributed by atoms with Crippen molar-refractivity contribution in [2.75, 3.05) is 13.1 Å². The van der Waals surface area contributed by atoms with Gasteiger partial charge in [-0.15, -0.1) is 0 Å². The van der Waals surface area contributed by atoms with E-state index in [0.29, 0.717) is 11.1 Å². The molecule has 1 fully saturated rings. The molecule has 1 aromatic carbocycles. The molecule has 0 aromatic heterocycles. The van der Waals surface area contributed by atoms with Crippen LogP contribution < -0.4 is 0 Å². The van der Waals surface area contributed by atoms with Gasteiger partial charge in [0.05, 0.1) is 17.3 Å². The molecule has 0 aliphatic carbocycles. The highest BCUT2D eigenvalue weighted by Gasteiger charge is 2.43. The fraction of sp³-hybridized carbons (Fsp3) is 0.529. The Morgan fingerprint density at radius 3 is 2.76 bits per heavy atom. The van der Waals surface area contributed by atoms with E-state index in [1.54, 1.807) is 6.07 Å². The van der Waals surface area contributed by atoms with Crippen LogP contribution in [0.15, 0.2) is 18.2 Å². The summed E-state index contributed by atoms with van der Waals surface area (Å²) in [5, 5.41) is 0. The van der Waals surface area contributed by atoms with E-state index in [0.717, 1.165) is 44.3 Å². The molecule has 0 spiro atoms. The van der Waals surface area contributed by atoms with Gasteiger partial charge in [0, 0.05) is 13.1 Å². The average Bonchev–Trinajstić information content (AvgIpc) is 3.01. The molecule has 1 atom stereocenters. The van der Waals surface area contributed by atoms with Gasteiger partial charge in [-0.3, -0.25) is 19.4 Å². The molecular weight excluding hydrogens is 264 g/mol. The monoisotopic (exact) mass is 286 g/mol. The molecule has 4 nitrogen and oxygen atoms in total. The number of carbonyl (C=O) groups is 2.